The van der Waals surface area contributed by atoms with Gasteiger partial charge in [-0.05, 0) is 31.9 Å². The van der Waals surface area contributed by atoms with Gasteiger partial charge in [0.05, 0.1) is 17.3 Å². The van der Waals surface area contributed by atoms with Crippen molar-refractivity contribution in [2.45, 2.75) is 38.5 Å². The lowest BCUT2D eigenvalue weighted by Crippen LogP contribution is -2.38. The highest BCUT2D eigenvalue weighted by molar-refractivity contribution is 6.30. The van der Waals surface area contributed by atoms with Gasteiger partial charge in [-0.3, -0.25) is 4.79 Å². The third-order valence-corrected chi connectivity index (χ3v) is 5.56. The van der Waals surface area contributed by atoms with Gasteiger partial charge in [0, 0.05) is 32.6 Å². The number of hydrogen-bond acceptors (Lipinski definition) is 5. The summed E-state index contributed by atoms with van der Waals surface area (Å²) in [5, 5.41) is 5.05. The molecule has 158 valence electrons. The van der Waals surface area contributed by atoms with Crippen molar-refractivity contribution in [1.82, 2.24) is 24.6 Å². The maximum atomic E-state index is 12.3. The van der Waals surface area contributed by atoms with E-state index < -0.39 is 5.38 Å². The van der Waals surface area contributed by atoms with Crippen LogP contribution in [0.2, 0.25) is 0 Å². The molecule has 1 fully saturated rings. The van der Waals surface area contributed by atoms with E-state index >= 15 is 0 Å². The zero-order valence-electron chi connectivity index (χ0n) is 17.5. The molecule has 1 amide bonds. The maximum absolute atomic E-state index is 12.3. The molecule has 0 spiro atoms. The topological polar surface area (TPSA) is 67.2 Å². The van der Waals surface area contributed by atoms with E-state index in [0.717, 1.165) is 54.2 Å². The maximum Gasteiger partial charge on any atom is 0.240 e. The number of aryl methyl sites for hydroxylation is 1. The SMILES string of the molecule is CCCc1nc(N2CCCN(C(=O)C(C)Cl)CC2)c2cnn(-c3ccccc3)c2n1. The van der Waals surface area contributed by atoms with Crippen LogP contribution in [-0.2, 0) is 11.2 Å². The molecule has 8 heteroatoms. The lowest BCUT2D eigenvalue weighted by molar-refractivity contribution is -0.130. The number of amides is 1. The Balaban J connectivity index is 1.71. The van der Waals surface area contributed by atoms with Crippen LogP contribution in [0.4, 0.5) is 5.82 Å². The third kappa shape index (κ3) is 4.12. The first-order chi connectivity index (χ1) is 14.6. The Labute approximate surface area is 181 Å². The van der Waals surface area contributed by atoms with Crippen molar-refractivity contribution in [3.05, 3.63) is 42.4 Å². The van der Waals surface area contributed by atoms with Crippen molar-refractivity contribution in [2.24, 2.45) is 0 Å². The van der Waals surface area contributed by atoms with Crippen LogP contribution < -0.4 is 4.90 Å². The molecule has 1 aliphatic heterocycles. The Kier molecular flexibility index (Phi) is 6.18. The lowest BCUT2D eigenvalue weighted by atomic mass is 10.2. The van der Waals surface area contributed by atoms with E-state index in [4.69, 9.17) is 21.6 Å². The highest BCUT2D eigenvalue weighted by Crippen LogP contribution is 2.27. The molecular weight excluding hydrogens is 400 g/mol. The number of benzene rings is 1. The van der Waals surface area contributed by atoms with Crippen LogP contribution in [0.25, 0.3) is 16.7 Å². The molecule has 1 saturated heterocycles. The molecule has 0 aliphatic carbocycles. The summed E-state index contributed by atoms with van der Waals surface area (Å²) in [6.45, 7) is 6.75. The van der Waals surface area contributed by atoms with Gasteiger partial charge in [-0.2, -0.15) is 5.10 Å². The van der Waals surface area contributed by atoms with Crippen LogP contribution in [-0.4, -0.2) is 62.1 Å². The summed E-state index contributed by atoms with van der Waals surface area (Å²) in [5.41, 5.74) is 1.80. The molecule has 4 rings (SSSR count). The fourth-order valence-corrected chi connectivity index (χ4v) is 4.01. The Morgan fingerprint density at radius 2 is 1.93 bits per heavy atom. The van der Waals surface area contributed by atoms with Crippen LogP contribution in [0.15, 0.2) is 36.5 Å². The van der Waals surface area contributed by atoms with E-state index in [0.29, 0.717) is 19.6 Å². The summed E-state index contributed by atoms with van der Waals surface area (Å²) < 4.78 is 1.88. The first-order valence-corrected chi connectivity index (χ1v) is 11.0. The van der Waals surface area contributed by atoms with Gasteiger partial charge in [0.25, 0.3) is 0 Å². The molecule has 0 saturated carbocycles. The second-order valence-electron chi connectivity index (χ2n) is 7.62. The highest BCUT2D eigenvalue weighted by Gasteiger charge is 2.25. The van der Waals surface area contributed by atoms with Gasteiger partial charge in [0.15, 0.2) is 5.65 Å². The molecule has 0 N–H and O–H groups in total. The number of rotatable bonds is 5. The first-order valence-electron chi connectivity index (χ1n) is 10.6. The second-order valence-corrected chi connectivity index (χ2v) is 8.28. The monoisotopic (exact) mass is 426 g/mol. The van der Waals surface area contributed by atoms with Gasteiger partial charge in [-0.1, -0.05) is 25.1 Å². The Morgan fingerprint density at radius 3 is 2.67 bits per heavy atom. The average Bonchev–Trinajstić information content (AvgIpc) is 3.02. The van der Waals surface area contributed by atoms with Crippen LogP contribution in [0.5, 0.6) is 0 Å². The van der Waals surface area contributed by atoms with Crippen LogP contribution in [0.3, 0.4) is 0 Å². The van der Waals surface area contributed by atoms with Gasteiger partial charge in [-0.15, -0.1) is 11.6 Å². The molecule has 1 atom stereocenters. The summed E-state index contributed by atoms with van der Waals surface area (Å²) >= 11 is 6.03. The molecule has 7 nitrogen and oxygen atoms in total. The molecule has 0 bridgehead atoms. The fourth-order valence-electron chi connectivity index (χ4n) is 3.87. The summed E-state index contributed by atoms with van der Waals surface area (Å²) in [7, 11) is 0. The van der Waals surface area contributed by atoms with Crippen molar-refractivity contribution in [3.63, 3.8) is 0 Å². The van der Waals surface area contributed by atoms with E-state index in [2.05, 4.69) is 16.9 Å². The molecule has 1 aliphatic rings. The van der Waals surface area contributed by atoms with E-state index in [1.165, 1.54) is 0 Å². The molecular formula is C22H27ClN6O. The smallest absolute Gasteiger partial charge is 0.240 e. The Hall–Kier alpha value is -2.67. The van der Waals surface area contributed by atoms with Crippen molar-refractivity contribution in [3.8, 4) is 5.69 Å². The zero-order chi connectivity index (χ0) is 21.1. The summed E-state index contributed by atoms with van der Waals surface area (Å²) in [6, 6.07) is 10.0. The molecule has 3 heterocycles. The van der Waals surface area contributed by atoms with Crippen molar-refractivity contribution in [1.29, 1.82) is 0 Å². The number of halogens is 1. The Morgan fingerprint density at radius 1 is 1.13 bits per heavy atom. The molecule has 1 aromatic carbocycles. The average molecular weight is 427 g/mol. The fraction of sp³-hybridized carbons (Fsp3) is 0.455. The molecule has 30 heavy (non-hydrogen) atoms. The largest absolute Gasteiger partial charge is 0.354 e. The summed E-state index contributed by atoms with van der Waals surface area (Å²) in [4.78, 5) is 26.2. The summed E-state index contributed by atoms with van der Waals surface area (Å²) in [5.74, 6) is 1.72. The van der Waals surface area contributed by atoms with Crippen LogP contribution in [0, 0.1) is 0 Å². The zero-order valence-corrected chi connectivity index (χ0v) is 18.2. The number of anilines is 1. The van der Waals surface area contributed by atoms with Gasteiger partial charge in [-0.25, -0.2) is 14.6 Å². The van der Waals surface area contributed by atoms with E-state index in [9.17, 15) is 4.79 Å². The van der Waals surface area contributed by atoms with Crippen LogP contribution in [0.1, 0.15) is 32.5 Å². The normalized spacial score (nSPS) is 16.0. The van der Waals surface area contributed by atoms with Crippen molar-refractivity contribution < 1.29 is 4.79 Å². The molecule has 3 aromatic rings. The lowest BCUT2D eigenvalue weighted by Gasteiger charge is -2.24. The number of hydrogen-bond donors (Lipinski definition) is 0. The molecule has 2 aromatic heterocycles. The van der Waals surface area contributed by atoms with Crippen molar-refractivity contribution in [2.75, 3.05) is 31.1 Å². The first kappa shape index (κ1) is 20.6. The van der Waals surface area contributed by atoms with Crippen molar-refractivity contribution >= 4 is 34.4 Å². The van der Waals surface area contributed by atoms with Gasteiger partial charge < -0.3 is 9.80 Å². The number of carbonyl (C=O) groups is 1. The molecule has 0 radical (unpaired) electrons. The highest BCUT2D eigenvalue weighted by atomic mass is 35.5. The number of fused-ring (bicyclic) bond motifs is 1. The number of aromatic nitrogens is 4. The van der Waals surface area contributed by atoms with Gasteiger partial charge in [0.2, 0.25) is 5.91 Å². The van der Waals surface area contributed by atoms with Crippen LogP contribution >= 0.6 is 11.6 Å². The number of nitrogens with zero attached hydrogens (tertiary/aromatic N) is 6. The minimum atomic E-state index is -0.498. The quantitative estimate of drug-likeness (QED) is 0.584. The third-order valence-electron chi connectivity index (χ3n) is 5.38. The van der Waals surface area contributed by atoms with Gasteiger partial charge in [0.1, 0.15) is 17.0 Å². The van der Waals surface area contributed by atoms with E-state index in [1.54, 1.807) is 6.92 Å². The van der Waals surface area contributed by atoms with E-state index in [1.807, 2.05) is 46.1 Å². The predicted octanol–water partition coefficient (Wildman–Crippen LogP) is 3.43. The second kappa shape index (κ2) is 9.00. The predicted molar refractivity (Wildman–Crippen MR) is 119 cm³/mol. The number of alkyl halides is 1. The minimum absolute atomic E-state index is 0.00470. The summed E-state index contributed by atoms with van der Waals surface area (Å²) in [6.07, 6.45) is 4.50. The standard InChI is InChI=1S/C22H27ClN6O/c1-3-8-19-25-20(27-11-7-12-28(14-13-27)22(30)16(2)23)18-15-24-29(21(18)26-19)17-9-5-4-6-10-17/h4-6,9-10,15-16H,3,7-8,11-14H2,1-2H3. The molecule has 1 unspecified atom stereocenters. The Bertz CT molecular complexity index is 1020. The van der Waals surface area contributed by atoms with Gasteiger partial charge >= 0.3 is 0 Å². The number of para-hydroxylation sites is 1. The number of carbonyl (C=O) groups excluding carboxylic acids is 1. The van der Waals surface area contributed by atoms with E-state index in [-0.39, 0.29) is 5.91 Å². The minimum Gasteiger partial charge on any atom is -0.354 e.